The Balaban J connectivity index is 2.34. The summed E-state index contributed by atoms with van der Waals surface area (Å²) in [7, 11) is 0. The number of alkyl halides is 3. The van der Waals surface area contributed by atoms with E-state index in [1.54, 1.807) is 31.2 Å². The number of rotatable bonds is 1. The Hall–Kier alpha value is -1.72. The predicted molar refractivity (Wildman–Crippen MR) is 61.4 cm³/mol. The quantitative estimate of drug-likeness (QED) is 0.834. The van der Waals surface area contributed by atoms with Crippen LogP contribution in [0.2, 0.25) is 0 Å². The third-order valence-corrected chi connectivity index (χ3v) is 2.89. The van der Waals surface area contributed by atoms with Gasteiger partial charge in [0.2, 0.25) is 5.91 Å². The highest BCUT2D eigenvalue weighted by molar-refractivity contribution is 5.83. The summed E-state index contributed by atoms with van der Waals surface area (Å²) in [6.07, 6.45) is -4.36. The number of anilines is 1. The fourth-order valence-electron chi connectivity index (χ4n) is 2.01. The number of hydrogen-bond acceptors (Lipinski definition) is 2. The number of nitrogens with one attached hydrogen (secondary N) is 1. The van der Waals surface area contributed by atoms with E-state index < -0.39 is 24.7 Å². The van der Waals surface area contributed by atoms with Gasteiger partial charge in [-0.05, 0) is 24.6 Å². The Kier molecular flexibility index (Phi) is 3.19. The average molecular weight is 258 g/mol. The molecule has 1 aliphatic rings. The number of nitrogens with zero attached hydrogens (tertiary/aromatic N) is 1. The number of benzene rings is 1. The van der Waals surface area contributed by atoms with E-state index in [-0.39, 0.29) is 6.54 Å². The lowest BCUT2D eigenvalue weighted by molar-refractivity contribution is -0.153. The summed E-state index contributed by atoms with van der Waals surface area (Å²) in [6.45, 7) is 1.13. The first-order valence-corrected chi connectivity index (χ1v) is 5.54. The van der Waals surface area contributed by atoms with Gasteiger partial charge >= 0.3 is 6.18 Å². The molecule has 0 bridgehead atoms. The zero-order valence-corrected chi connectivity index (χ0v) is 9.79. The van der Waals surface area contributed by atoms with E-state index in [1.165, 1.54) is 0 Å². The molecule has 0 saturated carbocycles. The van der Waals surface area contributed by atoms with Crippen molar-refractivity contribution in [2.45, 2.75) is 19.1 Å². The molecule has 1 aromatic rings. The zero-order valence-electron chi connectivity index (χ0n) is 9.79. The molecule has 98 valence electrons. The number of hydrogen-bond donors (Lipinski definition) is 1. The fourth-order valence-corrected chi connectivity index (χ4v) is 2.01. The molecule has 1 N–H and O–H groups in total. The van der Waals surface area contributed by atoms with Gasteiger partial charge in [0.1, 0.15) is 6.04 Å². The van der Waals surface area contributed by atoms with E-state index in [1.807, 2.05) is 0 Å². The van der Waals surface area contributed by atoms with Gasteiger partial charge in [0.05, 0.1) is 6.54 Å². The van der Waals surface area contributed by atoms with Crippen LogP contribution in [0.4, 0.5) is 18.9 Å². The van der Waals surface area contributed by atoms with Crippen LogP contribution in [-0.2, 0) is 4.79 Å². The van der Waals surface area contributed by atoms with Gasteiger partial charge in [0.25, 0.3) is 0 Å². The van der Waals surface area contributed by atoms with Gasteiger partial charge in [0.15, 0.2) is 0 Å². The number of carbonyl (C=O) groups excluding carboxylic acids is 1. The molecule has 1 unspecified atom stereocenters. The van der Waals surface area contributed by atoms with Crippen LogP contribution in [0.3, 0.4) is 0 Å². The van der Waals surface area contributed by atoms with Crippen molar-refractivity contribution in [3.63, 3.8) is 0 Å². The molecular formula is C12H13F3N2O. The summed E-state index contributed by atoms with van der Waals surface area (Å²) in [4.78, 5) is 12.4. The molecule has 6 heteroatoms. The van der Waals surface area contributed by atoms with E-state index in [2.05, 4.69) is 5.32 Å². The van der Waals surface area contributed by atoms with Crippen LogP contribution in [0.5, 0.6) is 0 Å². The maximum absolute atomic E-state index is 12.9. The summed E-state index contributed by atoms with van der Waals surface area (Å²) in [5.41, 5.74) is 1.28. The molecular weight excluding hydrogens is 245 g/mol. The molecule has 3 nitrogen and oxygen atoms in total. The Morgan fingerprint density at radius 1 is 1.39 bits per heavy atom. The van der Waals surface area contributed by atoms with Crippen LogP contribution in [0, 0.1) is 6.92 Å². The average Bonchev–Trinajstić information content (AvgIpc) is 2.27. The number of amides is 1. The molecule has 1 heterocycles. The van der Waals surface area contributed by atoms with Crippen LogP contribution in [0.25, 0.3) is 0 Å². The lowest BCUT2D eigenvalue weighted by Crippen LogP contribution is -2.60. The topological polar surface area (TPSA) is 32.3 Å². The molecule has 1 fully saturated rings. The fraction of sp³-hybridized carbons (Fsp3) is 0.417. The summed E-state index contributed by atoms with van der Waals surface area (Å²) in [5, 5.41) is 2.25. The second kappa shape index (κ2) is 4.51. The van der Waals surface area contributed by atoms with Gasteiger partial charge in [-0.2, -0.15) is 13.2 Å². The molecule has 18 heavy (non-hydrogen) atoms. The summed E-state index contributed by atoms with van der Waals surface area (Å²) < 4.78 is 38.7. The molecule has 0 aromatic heterocycles. The first-order valence-electron chi connectivity index (χ1n) is 5.54. The second-order valence-electron chi connectivity index (χ2n) is 4.33. The van der Waals surface area contributed by atoms with Crippen molar-refractivity contribution >= 4 is 11.6 Å². The lowest BCUT2D eigenvalue weighted by atomic mass is 10.1. The van der Waals surface area contributed by atoms with Crippen molar-refractivity contribution in [3.8, 4) is 0 Å². The summed E-state index contributed by atoms with van der Waals surface area (Å²) in [6, 6.07) is 5.06. The van der Waals surface area contributed by atoms with Gasteiger partial charge in [-0.3, -0.25) is 4.79 Å². The monoisotopic (exact) mass is 258 g/mol. The number of aryl methyl sites for hydroxylation is 1. The highest BCUT2D eigenvalue weighted by Gasteiger charge is 2.46. The molecule has 1 amide bonds. The van der Waals surface area contributed by atoms with Crippen molar-refractivity contribution in [1.82, 2.24) is 5.32 Å². The molecule has 1 atom stereocenters. The van der Waals surface area contributed by atoms with Gasteiger partial charge in [-0.25, -0.2) is 0 Å². The minimum Gasteiger partial charge on any atom is -0.352 e. The second-order valence-corrected chi connectivity index (χ2v) is 4.33. The van der Waals surface area contributed by atoms with Gasteiger partial charge in [-0.1, -0.05) is 12.1 Å². The molecule has 1 aromatic carbocycles. The Morgan fingerprint density at radius 3 is 2.72 bits per heavy atom. The molecule has 0 aliphatic carbocycles. The number of piperazine rings is 1. The van der Waals surface area contributed by atoms with E-state index in [0.717, 1.165) is 10.5 Å². The van der Waals surface area contributed by atoms with Crippen LogP contribution < -0.4 is 10.2 Å². The molecule has 2 rings (SSSR count). The summed E-state index contributed by atoms with van der Waals surface area (Å²) in [5.74, 6) is -0.392. The van der Waals surface area contributed by atoms with Crippen LogP contribution in [0.1, 0.15) is 5.56 Å². The number of carbonyl (C=O) groups is 1. The Labute approximate surface area is 103 Å². The Bertz CT molecular complexity index is 459. The van der Waals surface area contributed by atoms with Crippen molar-refractivity contribution in [1.29, 1.82) is 0 Å². The smallest absolute Gasteiger partial charge is 0.352 e. The van der Waals surface area contributed by atoms with E-state index >= 15 is 0 Å². The van der Waals surface area contributed by atoms with Gasteiger partial charge in [-0.15, -0.1) is 0 Å². The molecule has 1 aliphatic heterocycles. The van der Waals surface area contributed by atoms with Crippen molar-refractivity contribution in [3.05, 3.63) is 29.8 Å². The zero-order chi connectivity index (χ0) is 13.3. The number of halogens is 3. The summed E-state index contributed by atoms with van der Waals surface area (Å²) >= 11 is 0. The van der Waals surface area contributed by atoms with E-state index in [4.69, 9.17) is 0 Å². The lowest BCUT2D eigenvalue weighted by Gasteiger charge is -2.38. The third kappa shape index (κ3) is 2.57. The highest BCUT2D eigenvalue weighted by Crippen LogP contribution is 2.30. The van der Waals surface area contributed by atoms with Crippen LogP contribution in [-0.4, -0.2) is 31.2 Å². The van der Waals surface area contributed by atoms with Gasteiger partial charge < -0.3 is 10.2 Å². The van der Waals surface area contributed by atoms with Crippen molar-refractivity contribution in [2.75, 3.05) is 18.0 Å². The van der Waals surface area contributed by atoms with E-state index in [0.29, 0.717) is 5.69 Å². The minimum absolute atomic E-state index is 0.270. The standard InChI is InChI=1S/C12H13F3N2O/c1-8-3-2-4-9(5-8)17-7-11(18)16-6-10(17)12(13,14)15/h2-5,10H,6-7H2,1H3,(H,16,18). The van der Waals surface area contributed by atoms with Crippen molar-refractivity contribution < 1.29 is 18.0 Å². The first-order chi connectivity index (χ1) is 8.38. The molecule has 0 spiro atoms. The SMILES string of the molecule is Cc1cccc(N2CC(=O)NCC2C(F)(F)F)c1. The predicted octanol–water partition coefficient (Wildman–Crippen LogP) is 1.86. The normalized spacial score (nSPS) is 20.8. The Morgan fingerprint density at radius 2 is 2.11 bits per heavy atom. The minimum atomic E-state index is -4.36. The maximum atomic E-state index is 12.9. The first kappa shape index (κ1) is 12.7. The van der Waals surface area contributed by atoms with Crippen molar-refractivity contribution in [2.24, 2.45) is 0 Å². The maximum Gasteiger partial charge on any atom is 0.410 e. The third-order valence-electron chi connectivity index (χ3n) is 2.89. The highest BCUT2D eigenvalue weighted by atomic mass is 19.4. The van der Waals surface area contributed by atoms with Crippen LogP contribution in [0.15, 0.2) is 24.3 Å². The molecule has 1 saturated heterocycles. The largest absolute Gasteiger partial charge is 0.410 e. The van der Waals surface area contributed by atoms with Gasteiger partial charge in [0, 0.05) is 12.2 Å². The van der Waals surface area contributed by atoms with Crippen LogP contribution >= 0.6 is 0 Å². The van der Waals surface area contributed by atoms with E-state index in [9.17, 15) is 18.0 Å². The molecule has 0 radical (unpaired) electrons.